The van der Waals surface area contributed by atoms with E-state index in [-0.39, 0.29) is 23.7 Å². The van der Waals surface area contributed by atoms with Gasteiger partial charge in [0.25, 0.3) is 0 Å². The Morgan fingerprint density at radius 3 is 3.00 bits per heavy atom. The summed E-state index contributed by atoms with van der Waals surface area (Å²) in [5, 5.41) is 9.54. The van der Waals surface area contributed by atoms with Crippen molar-refractivity contribution in [3.05, 3.63) is 18.0 Å². The van der Waals surface area contributed by atoms with Crippen LogP contribution in [0.1, 0.15) is 32.4 Å². The SMILES string of the molecule is CC(C)C(=O)N1CCCC(C(=O)NCc2ccn[nH]2)C1. The predicted molar refractivity (Wildman–Crippen MR) is 74.6 cm³/mol. The van der Waals surface area contributed by atoms with E-state index in [0.29, 0.717) is 13.1 Å². The van der Waals surface area contributed by atoms with Crippen LogP contribution in [0.25, 0.3) is 0 Å². The molecule has 20 heavy (non-hydrogen) atoms. The van der Waals surface area contributed by atoms with Crippen LogP contribution in [0.2, 0.25) is 0 Å². The average molecular weight is 278 g/mol. The van der Waals surface area contributed by atoms with Crippen LogP contribution in [0.3, 0.4) is 0 Å². The van der Waals surface area contributed by atoms with E-state index in [2.05, 4.69) is 15.5 Å². The highest BCUT2D eigenvalue weighted by molar-refractivity contribution is 5.82. The molecule has 0 radical (unpaired) electrons. The van der Waals surface area contributed by atoms with Gasteiger partial charge in [-0.15, -0.1) is 0 Å². The number of hydrogen-bond acceptors (Lipinski definition) is 3. The molecule has 2 amide bonds. The fourth-order valence-corrected chi connectivity index (χ4v) is 2.47. The van der Waals surface area contributed by atoms with Gasteiger partial charge in [0, 0.05) is 25.2 Å². The number of piperidine rings is 1. The van der Waals surface area contributed by atoms with E-state index in [1.54, 1.807) is 6.20 Å². The summed E-state index contributed by atoms with van der Waals surface area (Å²) in [6.07, 6.45) is 3.39. The zero-order valence-electron chi connectivity index (χ0n) is 12.1. The third-order valence-electron chi connectivity index (χ3n) is 3.61. The van der Waals surface area contributed by atoms with Crippen LogP contribution in [0.5, 0.6) is 0 Å². The van der Waals surface area contributed by atoms with Crippen LogP contribution in [0.15, 0.2) is 12.3 Å². The number of hydrogen-bond donors (Lipinski definition) is 2. The maximum atomic E-state index is 12.1. The van der Waals surface area contributed by atoms with Gasteiger partial charge in [0.05, 0.1) is 18.2 Å². The van der Waals surface area contributed by atoms with Gasteiger partial charge >= 0.3 is 0 Å². The van der Waals surface area contributed by atoms with E-state index in [9.17, 15) is 9.59 Å². The predicted octanol–water partition coefficient (Wildman–Crippen LogP) is 0.920. The molecule has 0 aliphatic carbocycles. The number of nitrogens with zero attached hydrogens (tertiary/aromatic N) is 2. The number of carbonyl (C=O) groups is 2. The summed E-state index contributed by atoms with van der Waals surface area (Å²) in [6.45, 7) is 5.54. The minimum Gasteiger partial charge on any atom is -0.350 e. The minimum absolute atomic E-state index is 0.0122. The number of carbonyl (C=O) groups excluding carboxylic acids is 2. The van der Waals surface area contributed by atoms with Gasteiger partial charge in [-0.1, -0.05) is 13.8 Å². The van der Waals surface area contributed by atoms with E-state index in [1.165, 1.54) is 0 Å². The first-order chi connectivity index (χ1) is 9.58. The Morgan fingerprint density at radius 2 is 2.35 bits per heavy atom. The van der Waals surface area contributed by atoms with Crippen LogP contribution < -0.4 is 5.32 Å². The second kappa shape index (κ2) is 6.54. The highest BCUT2D eigenvalue weighted by Crippen LogP contribution is 2.18. The second-order valence-electron chi connectivity index (χ2n) is 5.58. The lowest BCUT2D eigenvalue weighted by Gasteiger charge is -2.33. The topological polar surface area (TPSA) is 78.1 Å². The molecule has 1 aromatic rings. The van der Waals surface area contributed by atoms with E-state index in [1.807, 2.05) is 24.8 Å². The van der Waals surface area contributed by atoms with Gasteiger partial charge in [0.1, 0.15) is 0 Å². The lowest BCUT2D eigenvalue weighted by molar-refractivity contribution is -0.138. The molecular weight excluding hydrogens is 256 g/mol. The van der Waals surface area contributed by atoms with Gasteiger partial charge in [-0.2, -0.15) is 5.10 Å². The van der Waals surface area contributed by atoms with Crippen LogP contribution in [0, 0.1) is 11.8 Å². The van der Waals surface area contributed by atoms with Crippen molar-refractivity contribution in [3.8, 4) is 0 Å². The highest BCUT2D eigenvalue weighted by Gasteiger charge is 2.29. The van der Waals surface area contributed by atoms with Crippen molar-refractivity contribution in [3.63, 3.8) is 0 Å². The number of rotatable bonds is 4. The van der Waals surface area contributed by atoms with Gasteiger partial charge in [0.15, 0.2) is 0 Å². The Bertz CT molecular complexity index is 456. The van der Waals surface area contributed by atoms with E-state index >= 15 is 0 Å². The van der Waals surface area contributed by atoms with Crippen LogP contribution in [0.4, 0.5) is 0 Å². The largest absolute Gasteiger partial charge is 0.350 e. The Hall–Kier alpha value is -1.85. The first kappa shape index (κ1) is 14.6. The third-order valence-corrected chi connectivity index (χ3v) is 3.61. The summed E-state index contributed by atoms with van der Waals surface area (Å²) >= 11 is 0. The average Bonchev–Trinajstić information content (AvgIpc) is 2.97. The number of H-pyrrole nitrogens is 1. The lowest BCUT2D eigenvalue weighted by atomic mass is 9.96. The van der Waals surface area contributed by atoms with Crippen molar-refractivity contribution >= 4 is 11.8 Å². The quantitative estimate of drug-likeness (QED) is 0.859. The van der Waals surface area contributed by atoms with Crippen molar-refractivity contribution in [2.75, 3.05) is 13.1 Å². The summed E-state index contributed by atoms with van der Waals surface area (Å²) in [5.41, 5.74) is 0.879. The van der Waals surface area contributed by atoms with Crippen molar-refractivity contribution in [1.29, 1.82) is 0 Å². The summed E-state index contributed by atoms with van der Waals surface area (Å²) < 4.78 is 0. The Kier molecular flexibility index (Phi) is 4.76. The molecule has 2 N–H and O–H groups in total. The number of aromatic nitrogens is 2. The fourth-order valence-electron chi connectivity index (χ4n) is 2.47. The number of likely N-dealkylation sites (tertiary alicyclic amines) is 1. The molecule has 0 aromatic carbocycles. The van der Waals surface area contributed by atoms with E-state index in [4.69, 9.17) is 0 Å². The van der Waals surface area contributed by atoms with Crippen molar-refractivity contribution < 1.29 is 9.59 Å². The van der Waals surface area contributed by atoms with Gasteiger partial charge in [-0.3, -0.25) is 14.7 Å². The maximum absolute atomic E-state index is 12.1. The van der Waals surface area contributed by atoms with Crippen molar-refractivity contribution in [1.82, 2.24) is 20.4 Å². The maximum Gasteiger partial charge on any atom is 0.225 e. The monoisotopic (exact) mass is 278 g/mol. The first-order valence-electron chi connectivity index (χ1n) is 7.12. The molecule has 1 aliphatic heterocycles. The van der Waals surface area contributed by atoms with Crippen LogP contribution >= 0.6 is 0 Å². The zero-order chi connectivity index (χ0) is 14.5. The fraction of sp³-hybridized carbons (Fsp3) is 0.643. The zero-order valence-corrected chi connectivity index (χ0v) is 12.1. The van der Waals surface area contributed by atoms with Gasteiger partial charge in [-0.05, 0) is 18.9 Å². The molecule has 0 spiro atoms. The number of aromatic amines is 1. The molecule has 0 bridgehead atoms. The summed E-state index contributed by atoms with van der Waals surface area (Å²) in [5.74, 6) is 0.0353. The van der Waals surface area contributed by atoms with E-state index < -0.39 is 0 Å². The molecule has 1 fully saturated rings. The minimum atomic E-state index is -0.102. The standard InChI is InChI=1S/C14H22N4O2/c1-10(2)14(20)18-7-3-4-11(9-18)13(19)15-8-12-5-6-16-17-12/h5-6,10-11H,3-4,7-9H2,1-2H3,(H,15,19)(H,16,17). The molecule has 1 atom stereocenters. The van der Waals surface area contributed by atoms with Crippen molar-refractivity contribution in [2.45, 2.75) is 33.2 Å². The number of amides is 2. The smallest absolute Gasteiger partial charge is 0.225 e. The molecule has 1 aromatic heterocycles. The summed E-state index contributed by atoms with van der Waals surface area (Å²) in [6, 6.07) is 1.83. The van der Waals surface area contributed by atoms with Gasteiger partial charge in [0.2, 0.25) is 11.8 Å². The molecule has 2 heterocycles. The molecule has 2 rings (SSSR count). The Morgan fingerprint density at radius 1 is 1.55 bits per heavy atom. The van der Waals surface area contributed by atoms with Crippen LogP contribution in [-0.4, -0.2) is 40.0 Å². The third kappa shape index (κ3) is 3.59. The summed E-state index contributed by atoms with van der Waals surface area (Å²) in [4.78, 5) is 26.0. The summed E-state index contributed by atoms with van der Waals surface area (Å²) in [7, 11) is 0. The molecule has 6 heteroatoms. The molecule has 1 aliphatic rings. The Balaban J connectivity index is 1.85. The Labute approximate surface area is 118 Å². The molecule has 6 nitrogen and oxygen atoms in total. The normalized spacial score (nSPS) is 19.1. The van der Waals surface area contributed by atoms with Crippen LogP contribution in [-0.2, 0) is 16.1 Å². The molecule has 1 saturated heterocycles. The molecular formula is C14H22N4O2. The molecule has 0 saturated carbocycles. The van der Waals surface area contributed by atoms with Gasteiger partial charge < -0.3 is 10.2 Å². The first-order valence-corrected chi connectivity index (χ1v) is 7.12. The lowest BCUT2D eigenvalue weighted by Crippen LogP contribution is -2.46. The van der Waals surface area contributed by atoms with E-state index in [0.717, 1.165) is 25.1 Å². The second-order valence-corrected chi connectivity index (χ2v) is 5.58. The number of nitrogens with one attached hydrogen (secondary N) is 2. The van der Waals surface area contributed by atoms with Crippen molar-refractivity contribution in [2.24, 2.45) is 11.8 Å². The van der Waals surface area contributed by atoms with Gasteiger partial charge in [-0.25, -0.2) is 0 Å². The highest BCUT2D eigenvalue weighted by atomic mass is 16.2. The molecule has 110 valence electrons. The molecule has 1 unspecified atom stereocenters.